The fourth-order valence-electron chi connectivity index (χ4n) is 4.49. The zero-order valence-electron chi connectivity index (χ0n) is 21.3. The monoisotopic (exact) mass is 445 g/mol. The first-order valence-corrected chi connectivity index (χ1v) is 11.7. The molecule has 1 atom stereocenters. The molecule has 0 spiro atoms. The van der Waals surface area contributed by atoms with E-state index in [0.29, 0.717) is 18.4 Å². The van der Waals surface area contributed by atoms with Crippen molar-refractivity contribution in [3.63, 3.8) is 0 Å². The van der Waals surface area contributed by atoms with E-state index in [0.717, 1.165) is 31.7 Å². The van der Waals surface area contributed by atoms with Crippen molar-refractivity contribution in [2.24, 2.45) is 5.92 Å². The highest BCUT2D eigenvalue weighted by Crippen LogP contribution is 2.45. The Labute approximate surface area is 195 Å². The van der Waals surface area contributed by atoms with Crippen molar-refractivity contribution < 1.29 is 19.4 Å². The Balaban J connectivity index is 0.000000944. The summed E-state index contributed by atoms with van der Waals surface area (Å²) in [6.07, 6.45) is 6.23. The maximum atomic E-state index is 11.6. The lowest BCUT2D eigenvalue weighted by atomic mass is 9.74. The molecule has 5 heteroatoms. The molecule has 2 aliphatic rings. The minimum atomic E-state index is -0.809. The van der Waals surface area contributed by atoms with Crippen LogP contribution in [0.5, 0.6) is 5.75 Å². The fourth-order valence-corrected chi connectivity index (χ4v) is 4.49. The van der Waals surface area contributed by atoms with E-state index in [9.17, 15) is 9.90 Å². The van der Waals surface area contributed by atoms with Gasteiger partial charge < -0.3 is 14.6 Å². The lowest BCUT2D eigenvalue weighted by Crippen LogP contribution is -2.53. The number of rotatable bonds is 4. The number of carbonyl (C=O) groups is 1. The number of carboxylic acids is 1. The van der Waals surface area contributed by atoms with Crippen LogP contribution in [-0.4, -0.2) is 55.4 Å². The summed E-state index contributed by atoms with van der Waals surface area (Å²) in [6.45, 7) is 14.1. The molecule has 1 unspecified atom stereocenters. The number of aliphatic carboxylic acids is 1. The van der Waals surface area contributed by atoms with E-state index in [2.05, 4.69) is 46.9 Å². The van der Waals surface area contributed by atoms with Crippen molar-refractivity contribution in [2.75, 3.05) is 33.9 Å². The molecule has 1 N–H and O–H groups in total. The topological polar surface area (TPSA) is 59.0 Å². The van der Waals surface area contributed by atoms with E-state index < -0.39 is 11.5 Å². The van der Waals surface area contributed by atoms with Gasteiger partial charge in [0.15, 0.2) is 0 Å². The quantitative estimate of drug-likeness (QED) is 0.623. The zero-order valence-corrected chi connectivity index (χ0v) is 21.3. The number of piperidine rings is 1. The first kappa shape index (κ1) is 27.9. The Hall–Kier alpha value is -2.11. The molecular weight excluding hydrogens is 402 g/mol. The summed E-state index contributed by atoms with van der Waals surface area (Å²) in [6, 6.07) is 8.38. The van der Waals surface area contributed by atoms with Crippen LogP contribution in [0.2, 0.25) is 0 Å². The highest BCUT2D eigenvalue weighted by molar-refractivity contribution is 5.77. The second-order valence-corrected chi connectivity index (χ2v) is 8.61. The number of hydrogen-bond donors (Lipinski definition) is 1. The summed E-state index contributed by atoms with van der Waals surface area (Å²) in [5.41, 5.74) is 3.10. The van der Waals surface area contributed by atoms with Gasteiger partial charge in [0, 0.05) is 25.7 Å². The van der Waals surface area contributed by atoms with E-state index in [1.807, 2.05) is 26.8 Å². The number of ether oxygens (including phenoxy) is 2. The van der Waals surface area contributed by atoms with Gasteiger partial charge in [-0.05, 0) is 71.2 Å². The smallest absolute Gasteiger partial charge is 0.323 e. The molecule has 5 nitrogen and oxygen atoms in total. The largest absolute Gasteiger partial charge is 0.489 e. The molecule has 0 aliphatic carbocycles. The van der Waals surface area contributed by atoms with Gasteiger partial charge in [0.2, 0.25) is 0 Å². The second kappa shape index (κ2) is 13.4. The van der Waals surface area contributed by atoms with Crippen LogP contribution in [0.3, 0.4) is 0 Å². The number of methoxy groups -OCH3 is 1. The minimum absolute atomic E-state index is 0.324. The Morgan fingerprint density at radius 2 is 1.75 bits per heavy atom. The summed E-state index contributed by atoms with van der Waals surface area (Å²) in [5, 5.41) is 9.54. The van der Waals surface area contributed by atoms with Crippen molar-refractivity contribution in [3.8, 4) is 5.75 Å². The van der Waals surface area contributed by atoms with E-state index in [1.165, 1.54) is 16.7 Å². The number of fused-ring (bicyclic) bond motifs is 1. The second-order valence-electron chi connectivity index (χ2n) is 8.61. The number of para-hydroxylation sites is 1. The highest BCUT2D eigenvalue weighted by atomic mass is 16.5. The predicted octanol–water partition coefficient (Wildman–Crippen LogP) is 5.92. The van der Waals surface area contributed by atoms with Crippen LogP contribution >= 0.6 is 0 Å². The molecule has 1 aromatic rings. The van der Waals surface area contributed by atoms with Gasteiger partial charge in [0.1, 0.15) is 17.9 Å². The van der Waals surface area contributed by atoms with Gasteiger partial charge in [-0.15, -0.1) is 0 Å². The molecule has 0 radical (unpaired) electrons. The summed E-state index contributed by atoms with van der Waals surface area (Å²) < 4.78 is 10.4. The molecule has 2 heterocycles. The Bertz CT molecular complexity index is 774. The number of allylic oxidation sites excluding steroid dienone is 2. The summed E-state index contributed by atoms with van der Waals surface area (Å²) in [4.78, 5) is 13.7. The molecule has 3 rings (SSSR count). The van der Waals surface area contributed by atoms with Crippen LogP contribution in [0.4, 0.5) is 0 Å². The van der Waals surface area contributed by atoms with Gasteiger partial charge in [0.25, 0.3) is 0 Å². The fraction of sp³-hybridized carbons (Fsp3) is 0.593. The van der Waals surface area contributed by atoms with Gasteiger partial charge in [0.05, 0.1) is 0 Å². The van der Waals surface area contributed by atoms with Crippen LogP contribution in [0.15, 0.2) is 47.6 Å². The van der Waals surface area contributed by atoms with Crippen molar-refractivity contribution in [2.45, 2.75) is 65.8 Å². The molecule has 1 fully saturated rings. The average Bonchev–Trinajstić information content (AvgIpc) is 2.92. The Morgan fingerprint density at radius 1 is 1.19 bits per heavy atom. The third-order valence-electron chi connectivity index (χ3n) is 6.30. The van der Waals surface area contributed by atoms with E-state index in [4.69, 9.17) is 4.74 Å². The number of carboxylic acid groups (broad SMARTS) is 1. The van der Waals surface area contributed by atoms with Gasteiger partial charge in [-0.1, -0.05) is 49.8 Å². The molecule has 0 saturated carbocycles. The molecule has 0 amide bonds. The maximum absolute atomic E-state index is 11.6. The molecule has 180 valence electrons. The van der Waals surface area contributed by atoms with Crippen molar-refractivity contribution in [1.82, 2.24) is 4.90 Å². The van der Waals surface area contributed by atoms with Crippen molar-refractivity contribution >= 4 is 5.97 Å². The third-order valence-corrected chi connectivity index (χ3v) is 6.30. The predicted molar refractivity (Wildman–Crippen MR) is 132 cm³/mol. The van der Waals surface area contributed by atoms with Crippen molar-refractivity contribution in [3.05, 3.63) is 53.1 Å². The highest BCUT2D eigenvalue weighted by Gasteiger charge is 2.39. The van der Waals surface area contributed by atoms with Crippen LogP contribution in [0.1, 0.15) is 65.9 Å². The lowest BCUT2D eigenvalue weighted by molar-refractivity contribution is -0.150. The molecule has 1 aromatic carbocycles. The lowest BCUT2D eigenvalue weighted by Gasteiger charge is -2.42. The van der Waals surface area contributed by atoms with Gasteiger partial charge in [-0.2, -0.15) is 0 Å². The molecule has 32 heavy (non-hydrogen) atoms. The minimum Gasteiger partial charge on any atom is -0.489 e. The van der Waals surface area contributed by atoms with Crippen LogP contribution < -0.4 is 4.74 Å². The first-order valence-electron chi connectivity index (χ1n) is 11.7. The standard InChI is InChI=1S/C23H31NO3.C2H6O.C2H6/c1-5-8-18-15-27-20-10-7-6-9-19(20)21(16(18)2)17-11-13-24(14-12-17)23(3,4)22(25)26;1-3-2;1-2/h5-10,17,21H,11-15H2,1-4H3,(H,25,26);1-2H3;1-2H3/b8-5-;;. The van der Waals surface area contributed by atoms with Gasteiger partial charge in [-0.25, -0.2) is 0 Å². The Morgan fingerprint density at radius 3 is 2.28 bits per heavy atom. The van der Waals surface area contributed by atoms with Gasteiger partial charge >= 0.3 is 5.97 Å². The third kappa shape index (κ3) is 6.69. The summed E-state index contributed by atoms with van der Waals surface area (Å²) >= 11 is 0. The van der Waals surface area contributed by atoms with E-state index in [-0.39, 0.29) is 0 Å². The van der Waals surface area contributed by atoms with E-state index in [1.54, 1.807) is 28.1 Å². The number of hydrogen-bond acceptors (Lipinski definition) is 4. The molecule has 1 saturated heterocycles. The van der Waals surface area contributed by atoms with Crippen molar-refractivity contribution in [1.29, 1.82) is 0 Å². The zero-order chi connectivity index (χ0) is 24.3. The SMILES string of the molecule is C/C=C\C1=C(C)C(C2CCN(C(C)(C)C(=O)O)CC2)c2ccccc2OC1.CC.COC. The van der Waals surface area contributed by atoms with E-state index >= 15 is 0 Å². The summed E-state index contributed by atoms with van der Waals surface area (Å²) in [7, 11) is 3.25. The summed E-state index contributed by atoms with van der Waals surface area (Å²) in [5.74, 6) is 1.05. The molecule has 0 aromatic heterocycles. The molecule has 0 bridgehead atoms. The maximum Gasteiger partial charge on any atom is 0.323 e. The molecular formula is C27H43NO4. The molecule has 2 aliphatic heterocycles. The van der Waals surface area contributed by atoms with Crippen LogP contribution in [0.25, 0.3) is 0 Å². The van der Waals surface area contributed by atoms with Crippen LogP contribution in [0, 0.1) is 5.92 Å². The van der Waals surface area contributed by atoms with Gasteiger partial charge in [-0.3, -0.25) is 9.69 Å². The number of likely N-dealkylation sites (tertiary alicyclic amines) is 1. The first-order chi connectivity index (χ1) is 15.3. The van der Waals surface area contributed by atoms with Crippen LogP contribution in [-0.2, 0) is 9.53 Å². The Kier molecular flexibility index (Phi) is 11.7. The normalized spacial score (nSPS) is 19.7. The average molecular weight is 446 g/mol. The number of benzene rings is 1. The number of nitrogens with zero attached hydrogens (tertiary/aromatic N) is 1.